The normalized spacial score (nSPS) is 10.9. The van der Waals surface area contributed by atoms with Crippen molar-refractivity contribution in [2.45, 2.75) is 6.54 Å². The molecular weight excluding hydrogens is 304 g/mol. The highest BCUT2D eigenvalue weighted by molar-refractivity contribution is 5.70. The minimum atomic E-state index is -0.233. The maximum absolute atomic E-state index is 12.9. The Morgan fingerprint density at radius 1 is 0.625 bits per heavy atom. The van der Waals surface area contributed by atoms with Gasteiger partial charge in [0.1, 0.15) is 11.6 Å². The van der Waals surface area contributed by atoms with Crippen molar-refractivity contribution in [2.75, 3.05) is 5.32 Å². The predicted octanol–water partition coefficient (Wildman–Crippen LogP) is 5.75. The summed E-state index contributed by atoms with van der Waals surface area (Å²) in [6, 6.07) is 20.8. The molecule has 0 heterocycles. The second-order valence-electron chi connectivity index (χ2n) is 5.49. The number of benzene rings is 3. The van der Waals surface area contributed by atoms with Crippen LogP contribution in [0.25, 0.3) is 12.2 Å². The molecule has 0 saturated heterocycles. The molecule has 0 fully saturated rings. The maximum atomic E-state index is 12.9. The SMILES string of the molecule is Fc1ccc(/C=C/c2ccc(NCc3ccc(F)cc3)cc2)cc1. The van der Waals surface area contributed by atoms with E-state index in [9.17, 15) is 8.78 Å². The van der Waals surface area contributed by atoms with E-state index in [0.717, 1.165) is 22.4 Å². The van der Waals surface area contributed by atoms with E-state index in [4.69, 9.17) is 0 Å². The molecule has 0 amide bonds. The standard InChI is InChI=1S/C21H17F2N/c22-19-9-3-16(4-10-19)1-2-17-7-13-21(14-8-17)24-15-18-5-11-20(23)12-6-18/h1-14,24H,15H2/b2-1+. The van der Waals surface area contributed by atoms with Gasteiger partial charge in [0.25, 0.3) is 0 Å². The van der Waals surface area contributed by atoms with E-state index in [1.807, 2.05) is 36.4 Å². The number of hydrogen-bond donors (Lipinski definition) is 1. The smallest absolute Gasteiger partial charge is 0.123 e. The van der Waals surface area contributed by atoms with Crippen LogP contribution in [-0.4, -0.2) is 0 Å². The monoisotopic (exact) mass is 321 g/mol. The van der Waals surface area contributed by atoms with Crippen molar-refractivity contribution < 1.29 is 8.78 Å². The molecular formula is C21H17F2N. The van der Waals surface area contributed by atoms with Gasteiger partial charge in [-0.15, -0.1) is 0 Å². The van der Waals surface area contributed by atoms with Crippen molar-refractivity contribution in [1.29, 1.82) is 0 Å². The fourth-order valence-electron chi connectivity index (χ4n) is 2.28. The first-order chi connectivity index (χ1) is 11.7. The number of rotatable bonds is 5. The van der Waals surface area contributed by atoms with Gasteiger partial charge in [0.05, 0.1) is 0 Å². The molecule has 3 aromatic carbocycles. The van der Waals surface area contributed by atoms with Gasteiger partial charge in [-0.05, 0) is 53.1 Å². The summed E-state index contributed by atoms with van der Waals surface area (Å²) >= 11 is 0. The molecule has 0 aliphatic heterocycles. The Hall–Kier alpha value is -2.94. The van der Waals surface area contributed by atoms with Crippen LogP contribution in [0.3, 0.4) is 0 Å². The van der Waals surface area contributed by atoms with Gasteiger partial charge in [-0.25, -0.2) is 8.78 Å². The van der Waals surface area contributed by atoms with Crippen LogP contribution in [0.2, 0.25) is 0 Å². The van der Waals surface area contributed by atoms with E-state index in [1.54, 1.807) is 24.3 Å². The highest BCUT2D eigenvalue weighted by Gasteiger charge is 1.96. The van der Waals surface area contributed by atoms with E-state index in [2.05, 4.69) is 5.32 Å². The van der Waals surface area contributed by atoms with Gasteiger partial charge < -0.3 is 5.32 Å². The van der Waals surface area contributed by atoms with Crippen molar-refractivity contribution >= 4 is 17.8 Å². The molecule has 0 aliphatic rings. The summed E-state index contributed by atoms with van der Waals surface area (Å²) in [6.07, 6.45) is 3.93. The van der Waals surface area contributed by atoms with Gasteiger partial charge in [0, 0.05) is 12.2 Å². The maximum Gasteiger partial charge on any atom is 0.123 e. The Morgan fingerprint density at radius 3 is 1.62 bits per heavy atom. The molecule has 0 spiro atoms. The molecule has 3 heteroatoms. The Bertz CT molecular complexity index is 804. The van der Waals surface area contributed by atoms with Gasteiger partial charge in [-0.3, -0.25) is 0 Å². The van der Waals surface area contributed by atoms with E-state index >= 15 is 0 Å². The molecule has 24 heavy (non-hydrogen) atoms. The summed E-state index contributed by atoms with van der Waals surface area (Å²) in [5, 5.41) is 3.30. The first-order valence-corrected chi connectivity index (χ1v) is 7.71. The van der Waals surface area contributed by atoms with Crippen LogP contribution in [0.5, 0.6) is 0 Å². The van der Waals surface area contributed by atoms with E-state index in [1.165, 1.54) is 24.3 Å². The molecule has 0 atom stereocenters. The lowest BCUT2D eigenvalue weighted by Crippen LogP contribution is -1.99. The fraction of sp³-hybridized carbons (Fsp3) is 0.0476. The highest BCUT2D eigenvalue weighted by atomic mass is 19.1. The zero-order valence-corrected chi connectivity index (χ0v) is 13.0. The van der Waals surface area contributed by atoms with Crippen molar-refractivity contribution in [3.05, 3.63) is 101 Å². The zero-order chi connectivity index (χ0) is 16.8. The number of hydrogen-bond acceptors (Lipinski definition) is 1. The molecule has 3 aromatic rings. The van der Waals surface area contributed by atoms with Crippen LogP contribution in [0, 0.1) is 11.6 Å². The molecule has 1 nitrogen and oxygen atoms in total. The second-order valence-corrected chi connectivity index (χ2v) is 5.49. The van der Waals surface area contributed by atoms with Gasteiger partial charge in [0.2, 0.25) is 0 Å². The molecule has 1 N–H and O–H groups in total. The third-order valence-corrected chi connectivity index (χ3v) is 3.66. The molecule has 0 aliphatic carbocycles. The quantitative estimate of drug-likeness (QED) is 0.590. The van der Waals surface area contributed by atoms with Gasteiger partial charge in [-0.2, -0.15) is 0 Å². The molecule has 0 aromatic heterocycles. The lowest BCUT2D eigenvalue weighted by Gasteiger charge is -2.07. The van der Waals surface area contributed by atoms with Gasteiger partial charge in [-0.1, -0.05) is 48.6 Å². The Kier molecular flexibility index (Phi) is 5.02. The first-order valence-electron chi connectivity index (χ1n) is 7.71. The molecule has 0 saturated carbocycles. The minimum Gasteiger partial charge on any atom is -0.381 e. The summed E-state index contributed by atoms with van der Waals surface area (Å²) in [4.78, 5) is 0. The van der Waals surface area contributed by atoms with Crippen LogP contribution < -0.4 is 5.32 Å². The van der Waals surface area contributed by atoms with E-state index in [0.29, 0.717) is 6.54 Å². The predicted molar refractivity (Wildman–Crippen MR) is 95.5 cm³/mol. The average molecular weight is 321 g/mol. The van der Waals surface area contributed by atoms with Gasteiger partial charge in [0.15, 0.2) is 0 Å². The first kappa shape index (κ1) is 15.9. The summed E-state index contributed by atoms with van der Waals surface area (Å²) in [6.45, 7) is 0.644. The summed E-state index contributed by atoms with van der Waals surface area (Å²) < 4.78 is 25.7. The van der Waals surface area contributed by atoms with Crippen LogP contribution in [0.4, 0.5) is 14.5 Å². The number of halogens is 2. The third kappa shape index (κ3) is 4.53. The minimum absolute atomic E-state index is 0.226. The Labute approximate surface area is 140 Å². The Balaban J connectivity index is 1.58. The lowest BCUT2D eigenvalue weighted by atomic mass is 10.1. The van der Waals surface area contributed by atoms with Crippen LogP contribution in [0.15, 0.2) is 72.8 Å². The van der Waals surface area contributed by atoms with Gasteiger partial charge >= 0.3 is 0 Å². The summed E-state index contributed by atoms with van der Waals surface area (Å²) in [5.41, 5.74) is 4.04. The lowest BCUT2D eigenvalue weighted by molar-refractivity contribution is 0.627. The molecule has 0 unspecified atom stereocenters. The van der Waals surface area contributed by atoms with E-state index < -0.39 is 0 Å². The van der Waals surface area contributed by atoms with E-state index in [-0.39, 0.29) is 11.6 Å². The Morgan fingerprint density at radius 2 is 1.08 bits per heavy atom. The fourth-order valence-corrected chi connectivity index (χ4v) is 2.28. The third-order valence-electron chi connectivity index (χ3n) is 3.66. The molecule has 3 rings (SSSR count). The van der Waals surface area contributed by atoms with Crippen molar-refractivity contribution in [2.24, 2.45) is 0 Å². The van der Waals surface area contributed by atoms with Crippen molar-refractivity contribution in [3.8, 4) is 0 Å². The number of anilines is 1. The largest absolute Gasteiger partial charge is 0.381 e. The summed E-state index contributed by atoms with van der Waals surface area (Å²) in [7, 11) is 0. The second kappa shape index (κ2) is 7.55. The average Bonchev–Trinajstić information content (AvgIpc) is 2.62. The topological polar surface area (TPSA) is 12.0 Å². The molecule has 0 radical (unpaired) electrons. The van der Waals surface area contributed by atoms with Crippen LogP contribution in [-0.2, 0) is 6.54 Å². The highest BCUT2D eigenvalue weighted by Crippen LogP contribution is 2.14. The van der Waals surface area contributed by atoms with Crippen molar-refractivity contribution in [3.63, 3.8) is 0 Å². The summed E-state index contributed by atoms with van der Waals surface area (Å²) in [5.74, 6) is -0.459. The van der Waals surface area contributed by atoms with Crippen LogP contribution in [0.1, 0.15) is 16.7 Å². The molecule has 120 valence electrons. The van der Waals surface area contributed by atoms with Crippen LogP contribution >= 0.6 is 0 Å². The number of nitrogens with one attached hydrogen (secondary N) is 1. The van der Waals surface area contributed by atoms with Crippen molar-refractivity contribution in [1.82, 2.24) is 0 Å². The molecule has 0 bridgehead atoms. The zero-order valence-electron chi connectivity index (χ0n) is 13.0.